The number of rotatable bonds is 4. The van der Waals surface area contributed by atoms with Gasteiger partial charge >= 0.3 is 0 Å². The summed E-state index contributed by atoms with van der Waals surface area (Å²) in [4.78, 5) is 26.5. The highest BCUT2D eigenvalue weighted by atomic mass is 19.1. The summed E-state index contributed by atoms with van der Waals surface area (Å²) in [5.74, 6) is -0.677. The highest BCUT2D eigenvalue weighted by Gasteiger charge is 2.53. The lowest BCUT2D eigenvalue weighted by Crippen LogP contribution is -2.48. The molecule has 0 radical (unpaired) electrons. The topological polar surface area (TPSA) is 69.6 Å². The second kappa shape index (κ2) is 7.97. The number of halogens is 1. The first kappa shape index (κ1) is 19.8. The molecule has 0 bridgehead atoms. The van der Waals surface area contributed by atoms with Crippen LogP contribution in [0.5, 0.6) is 0 Å². The van der Waals surface area contributed by atoms with Gasteiger partial charge in [0.15, 0.2) is 0 Å². The fourth-order valence-corrected chi connectivity index (χ4v) is 4.90. The molecule has 148 valence electrons. The summed E-state index contributed by atoms with van der Waals surface area (Å²) >= 11 is 0. The summed E-state index contributed by atoms with van der Waals surface area (Å²) in [6.07, 6.45) is 3.81. The fraction of sp³-hybridized carbons (Fsp3) is 0.619. The zero-order valence-electron chi connectivity index (χ0n) is 16.1. The minimum absolute atomic E-state index is 0.000898. The van der Waals surface area contributed by atoms with Crippen LogP contribution in [0.4, 0.5) is 4.39 Å². The molecule has 1 aliphatic carbocycles. The van der Waals surface area contributed by atoms with Crippen molar-refractivity contribution in [3.05, 3.63) is 35.6 Å². The maximum atomic E-state index is 13.7. The summed E-state index contributed by atoms with van der Waals surface area (Å²) < 4.78 is 13.7. The molecular weight excluding hydrogens is 347 g/mol. The van der Waals surface area contributed by atoms with E-state index < -0.39 is 11.9 Å². The molecule has 2 N–H and O–H groups in total. The average Bonchev–Trinajstić information content (AvgIpc) is 2.84. The monoisotopic (exact) mass is 376 g/mol. The first-order valence-electron chi connectivity index (χ1n) is 9.80. The Hall–Kier alpha value is -1.95. The van der Waals surface area contributed by atoms with Gasteiger partial charge in [-0.3, -0.25) is 9.59 Å². The molecule has 27 heavy (non-hydrogen) atoms. The Kier molecular flexibility index (Phi) is 5.84. The van der Waals surface area contributed by atoms with Crippen molar-refractivity contribution in [3.8, 4) is 0 Å². The minimum atomic E-state index is -0.439. The van der Waals surface area contributed by atoms with Gasteiger partial charge in [-0.05, 0) is 30.9 Å². The van der Waals surface area contributed by atoms with Crippen LogP contribution in [0.2, 0.25) is 0 Å². The predicted octanol–water partition coefficient (Wildman–Crippen LogP) is 2.42. The van der Waals surface area contributed by atoms with Crippen LogP contribution in [-0.2, 0) is 16.0 Å². The number of hydrogen-bond acceptors (Lipinski definition) is 3. The molecule has 2 fully saturated rings. The van der Waals surface area contributed by atoms with Crippen molar-refractivity contribution in [2.45, 2.75) is 70.6 Å². The number of carbonyl (C=O) groups is 2. The van der Waals surface area contributed by atoms with Crippen molar-refractivity contribution in [1.29, 1.82) is 0 Å². The van der Waals surface area contributed by atoms with Crippen LogP contribution in [0.25, 0.3) is 0 Å². The third-order valence-electron chi connectivity index (χ3n) is 6.34. The Morgan fingerprint density at radius 3 is 2.70 bits per heavy atom. The van der Waals surface area contributed by atoms with Gasteiger partial charge in [-0.25, -0.2) is 4.39 Å². The molecule has 4 atom stereocenters. The van der Waals surface area contributed by atoms with Gasteiger partial charge in [0, 0.05) is 24.9 Å². The van der Waals surface area contributed by atoms with Crippen molar-refractivity contribution >= 4 is 11.8 Å². The first-order valence-corrected chi connectivity index (χ1v) is 9.80. The van der Waals surface area contributed by atoms with Crippen molar-refractivity contribution in [2.75, 3.05) is 6.54 Å². The Morgan fingerprint density at radius 2 is 2.00 bits per heavy atom. The number of amides is 2. The summed E-state index contributed by atoms with van der Waals surface area (Å²) in [5.41, 5.74) is 0.0145. The van der Waals surface area contributed by atoms with E-state index in [2.05, 4.69) is 12.2 Å². The molecule has 1 aromatic rings. The summed E-state index contributed by atoms with van der Waals surface area (Å²) in [6, 6.07) is 6.09. The number of aliphatic hydroxyl groups excluding tert-OH is 1. The van der Waals surface area contributed by atoms with Gasteiger partial charge in [0.25, 0.3) is 0 Å². The first-order chi connectivity index (χ1) is 12.8. The fourth-order valence-electron chi connectivity index (χ4n) is 4.90. The Morgan fingerprint density at radius 1 is 1.30 bits per heavy atom. The summed E-state index contributed by atoms with van der Waals surface area (Å²) in [6.45, 7) is 3.94. The Labute approximate surface area is 159 Å². The van der Waals surface area contributed by atoms with E-state index in [1.165, 1.54) is 6.07 Å². The highest BCUT2D eigenvalue weighted by Crippen LogP contribution is 2.48. The van der Waals surface area contributed by atoms with Gasteiger partial charge in [0.05, 0.1) is 18.6 Å². The zero-order chi connectivity index (χ0) is 19.6. The predicted molar refractivity (Wildman–Crippen MR) is 100 cm³/mol. The van der Waals surface area contributed by atoms with Crippen LogP contribution in [0.15, 0.2) is 24.3 Å². The van der Waals surface area contributed by atoms with E-state index in [0.717, 1.165) is 25.7 Å². The SMILES string of the molecule is CC(=O)N1[C@@H](CNC(=O)Cc2ccccc2F)C[C@@]2(C)[C@@H](O)CCCC[C@@H]12. The van der Waals surface area contributed by atoms with Crippen LogP contribution in [0.1, 0.15) is 51.5 Å². The molecule has 1 saturated heterocycles. The molecule has 1 heterocycles. The number of fused-ring (bicyclic) bond motifs is 1. The van der Waals surface area contributed by atoms with Crippen molar-refractivity contribution in [2.24, 2.45) is 5.41 Å². The van der Waals surface area contributed by atoms with E-state index >= 15 is 0 Å². The maximum absolute atomic E-state index is 13.7. The lowest BCUT2D eigenvalue weighted by atomic mass is 9.75. The number of nitrogens with zero attached hydrogens (tertiary/aromatic N) is 1. The van der Waals surface area contributed by atoms with Crippen LogP contribution < -0.4 is 5.32 Å². The van der Waals surface area contributed by atoms with E-state index in [1.54, 1.807) is 25.1 Å². The second-order valence-corrected chi connectivity index (χ2v) is 8.18. The van der Waals surface area contributed by atoms with E-state index in [0.29, 0.717) is 18.5 Å². The van der Waals surface area contributed by atoms with Crippen LogP contribution in [0, 0.1) is 11.2 Å². The number of nitrogens with one attached hydrogen (secondary N) is 1. The van der Waals surface area contributed by atoms with Gasteiger partial charge in [0.2, 0.25) is 11.8 Å². The number of benzene rings is 1. The highest BCUT2D eigenvalue weighted by molar-refractivity contribution is 5.79. The minimum Gasteiger partial charge on any atom is -0.392 e. The molecule has 2 aliphatic rings. The molecule has 3 rings (SSSR count). The molecular formula is C21H29FN2O3. The smallest absolute Gasteiger partial charge is 0.224 e. The standard InChI is InChI=1S/C21H29FN2O3/c1-14(25)24-16(12-21(2)18(24)9-5-6-10-19(21)26)13-23-20(27)11-15-7-3-4-8-17(15)22/h3-4,7-8,16,18-19,26H,5-6,9-13H2,1-2H3,(H,23,27)/t16-,18-,19+,21-/m1/s1. The molecule has 1 aliphatic heterocycles. The molecule has 6 heteroatoms. The third-order valence-corrected chi connectivity index (χ3v) is 6.34. The van der Waals surface area contributed by atoms with E-state index in [4.69, 9.17) is 0 Å². The van der Waals surface area contributed by atoms with Gasteiger partial charge in [-0.15, -0.1) is 0 Å². The van der Waals surface area contributed by atoms with E-state index in [9.17, 15) is 19.1 Å². The van der Waals surface area contributed by atoms with E-state index in [-0.39, 0.29) is 35.7 Å². The molecule has 1 saturated carbocycles. The number of aliphatic hydroxyl groups is 1. The maximum Gasteiger partial charge on any atom is 0.224 e. The Balaban J connectivity index is 1.67. The van der Waals surface area contributed by atoms with E-state index in [1.807, 2.05) is 4.90 Å². The van der Waals surface area contributed by atoms with Crippen LogP contribution in [-0.4, -0.2) is 46.6 Å². The lowest BCUT2D eigenvalue weighted by molar-refractivity contribution is -0.133. The van der Waals surface area contributed by atoms with Crippen LogP contribution >= 0.6 is 0 Å². The van der Waals surface area contributed by atoms with Gasteiger partial charge in [-0.2, -0.15) is 0 Å². The molecule has 1 aromatic carbocycles. The summed E-state index contributed by atoms with van der Waals surface area (Å²) in [5, 5.41) is 13.5. The average molecular weight is 376 g/mol. The number of hydrogen-bond donors (Lipinski definition) is 2. The van der Waals surface area contributed by atoms with Crippen molar-refractivity contribution in [3.63, 3.8) is 0 Å². The third kappa shape index (κ3) is 4.00. The number of likely N-dealkylation sites (tertiary alicyclic amines) is 1. The normalized spacial score (nSPS) is 30.5. The van der Waals surface area contributed by atoms with Gasteiger partial charge < -0.3 is 15.3 Å². The second-order valence-electron chi connectivity index (χ2n) is 8.18. The lowest BCUT2D eigenvalue weighted by Gasteiger charge is -2.37. The van der Waals surface area contributed by atoms with Crippen LogP contribution in [0.3, 0.4) is 0 Å². The Bertz CT molecular complexity index is 710. The zero-order valence-corrected chi connectivity index (χ0v) is 16.1. The largest absolute Gasteiger partial charge is 0.392 e. The molecule has 5 nitrogen and oxygen atoms in total. The summed E-state index contributed by atoms with van der Waals surface area (Å²) in [7, 11) is 0. The van der Waals surface area contributed by atoms with Gasteiger partial charge in [0.1, 0.15) is 5.82 Å². The van der Waals surface area contributed by atoms with Crippen molar-refractivity contribution < 1.29 is 19.1 Å². The number of carbonyl (C=O) groups excluding carboxylic acids is 2. The van der Waals surface area contributed by atoms with Crippen molar-refractivity contribution in [1.82, 2.24) is 10.2 Å². The quantitative estimate of drug-likeness (QED) is 0.848. The molecule has 0 aromatic heterocycles. The molecule has 0 spiro atoms. The van der Waals surface area contributed by atoms with Gasteiger partial charge in [-0.1, -0.05) is 38.0 Å². The molecule has 0 unspecified atom stereocenters. The molecule has 2 amide bonds.